The normalized spacial score (nSPS) is 11.3. The maximum Gasteiger partial charge on any atom is 0.160 e. The van der Waals surface area contributed by atoms with Crippen molar-refractivity contribution in [3.63, 3.8) is 0 Å². The third kappa shape index (κ3) is 5.78. The lowest BCUT2D eigenvalue weighted by Gasteiger charge is -2.15. The first-order valence-electron chi connectivity index (χ1n) is 18.2. The zero-order valence-corrected chi connectivity index (χ0v) is 29.4. The van der Waals surface area contributed by atoms with Gasteiger partial charge in [0.05, 0.1) is 11.4 Å². The van der Waals surface area contributed by atoms with Gasteiger partial charge in [-0.05, 0) is 90.0 Å². The molecule has 0 N–H and O–H groups in total. The molecule has 2 heterocycles. The Morgan fingerprint density at radius 2 is 0.778 bits per heavy atom. The van der Waals surface area contributed by atoms with Crippen LogP contribution in [0.5, 0.6) is 0 Å². The molecule has 0 saturated heterocycles. The quantitative estimate of drug-likeness (QED) is 0.129. The molecule has 0 radical (unpaired) electrons. The second-order valence-corrected chi connectivity index (χ2v) is 13.7. The summed E-state index contributed by atoms with van der Waals surface area (Å²) in [5, 5.41) is 7.60. The maximum atomic E-state index is 5.07. The van der Waals surface area contributed by atoms with Gasteiger partial charge in [0.1, 0.15) is 0 Å². The van der Waals surface area contributed by atoms with Gasteiger partial charge in [-0.25, -0.2) is 9.97 Å². The molecule has 0 saturated carbocycles. The van der Waals surface area contributed by atoms with Gasteiger partial charge in [0.15, 0.2) is 5.82 Å². The highest BCUT2D eigenvalue weighted by Gasteiger charge is 2.14. The molecule has 0 aliphatic carbocycles. The molecule has 0 atom stereocenters. The SMILES string of the molecule is c1ccc(-c2nc(-c3ccc(-c4ccncc4)cc3)cc(-c3ccc(-c4ccc(-c5c6ccccc6cc6ccc7ccccc7c56)cc4)cc3)n2)cc1. The van der Waals surface area contributed by atoms with Gasteiger partial charge >= 0.3 is 0 Å². The number of hydrogen-bond donors (Lipinski definition) is 0. The molecule has 10 aromatic rings. The molecular weight excluding hydrogens is 655 g/mol. The van der Waals surface area contributed by atoms with Crippen molar-refractivity contribution in [2.24, 2.45) is 0 Å². The lowest BCUT2D eigenvalue weighted by atomic mass is 9.88. The average molecular weight is 688 g/mol. The predicted molar refractivity (Wildman–Crippen MR) is 225 cm³/mol. The number of pyridine rings is 1. The predicted octanol–water partition coefficient (Wildman–Crippen LogP) is 13.3. The first-order chi connectivity index (χ1) is 26.7. The molecule has 252 valence electrons. The maximum absolute atomic E-state index is 5.07. The minimum absolute atomic E-state index is 0.703. The zero-order chi connectivity index (χ0) is 35.8. The van der Waals surface area contributed by atoms with E-state index in [0.717, 1.165) is 44.8 Å². The third-order valence-electron chi connectivity index (χ3n) is 10.4. The minimum atomic E-state index is 0.703. The Kier molecular flexibility index (Phi) is 7.81. The Balaban J connectivity index is 1.01. The number of fused-ring (bicyclic) bond motifs is 4. The van der Waals surface area contributed by atoms with E-state index in [1.165, 1.54) is 49.0 Å². The van der Waals surface area contributed by atoms with Crippen molar-refractivity contribution >= 4 is 32.3 Å². The van der Waals surface area contributed by atoms with Crippen LogP contribution in [0, 0.1) is 0 Å². The molecular formula is C51H33N3. The van der Waals surface area contributed by atoms with Crippen molar-refractivity contribution in [2.45, 2.75) is 0 Å². The summed E-state index contributed by atoms with van der Waals surface area (Å²) in [7, 11) is 0. The van der Waals surface area contributed by atoms with Crippen LogP contribution in [0.1, 0.15) is 0 Å². The van der Waals surface area contributed by atoms with Crippen molar-refractivity contribution in [1.82, 2.24) is 15.0 Å². The van der Waals surface area contributed by atoms with Crippen LogP contribution in [0.4, 0.5) is 0 Å². The number of benzene rings is 8. The van der Waals surface area contributed by atoms with Gasteiger partial charge < -0.3 is 0 Å². The molecule has 3 nitrogen and oxygen atoms in total. The molecule has 0 aliphatic heterocycles. The van der Waals surface area contributed by atoms with Crippen LogP contribution >= 0.6 is 0 Å². The van der Waals surface area contributed by atoms with Crippen molar-refractivity contribution in [2.75, 3.05) is 0 Å². The molecule has 0 bridgehead atoms. The van der Waals surface area contributed by atoms with E-state index in [2.05, 4.69) is 163 Å². The van der Waals surface area contributed by atoms with E-state index in [9.17, 15) is 0 Å². The summed E-state index contributed by atoms with van der Waals surface area (Å²) in [6.07, 6.45) is 3.64. The summed E-state index contributed by atoms with van der Waals surface area (Å²) in [5.74, 6) is 0.703. The van der Waals surface area contributed by atoms with E-state index in [4.69, 9.17) is 9.97 Å². The largest absolute Gasteiger partial charge is 0.265 e. The van der Waals surface area contributed by atoms with E-state index >= 15 is 0 Å². The van der Waals surface area contributed by atoms with Crippen LogP contribution in [0.2, 0.25) is 0 Å². The Morgan fingerprint density at radius 1 is 0.296 bits per heavy atom. The monoisotopic (exact) mass is 687 g/mol. The van der Waals surface area contributed by atoms with Crippen molar-refractivity contribution < 1.29 is 0 Å². The van der Waals surface area contributed by atoms with E-state index in [-0.39, 0.29) is 0 Å². The summed E-state index contributed by atoms with van der Waals surface area (Å²) in [6.45, 7) is 0. The fourth-order valence-corrected chi connectivity index (χ4v) is 7.64. The molecule has 8 aromatic carbocycles. The van der Waals surface area contributed by atoms with Crippen molar-refractivity contribution in [3.05, 3.63) is 200 Å². The highest BCUT2D eigenvalue weighted by atomic mass is 14.9. The summed E-state index contributed by atoms with van der Waals surface area (Å²) < 4.78 is 0. The van der Waals surface area contributed by atoms with Crippen molar-refractivity contribution in [3.8, 4) is 67.3 Å². The van der Waals surface area contributed by atoms with Gasteiger partial charge in [-0.3, -0.25) is 4.98 Å². The molecule has 2 aromatic heterocycles. The van der Waals surface area contributed by atoms with Gasteiger partial charge in [0.25, 0.3) is 0 Å². The highest BCUT2D eigenvalue weighted by molar-refractivity contribution is 6.21. The number of hydrogen-bond acceptors (Lipinski definition) is 3. The topological polar surface area (TPSA) is 38.7 Å². The Bertz CT molecular complexity index is 2940. The van der Waals surface area contributed by atoms with Crippen LogP contribution in [-0.4, -0.2) is 15.0 Å². The minimum Gasteiger partial charge on any atom is -0.265 e. The Morgan fingerprint density at radius 3 is 1.41 bits per heavy atom. The first-order valence-corrected chi connectivity index (χ1v) is 18.2. The van der Waals surface area contributed by atoms with Gasteiger partial charge in [-0.2, -0.15) is 0 Å². The molecule has 0 amide bonds. The summed E-state index contributed by atoms with van der Waals surface area (Å²) in [4.78, 5) is 14.3. The second-order valence-electron chi connectivity index (χ2n) is 13.7. The van der Waals surface area contributed by atoms with Crippen LogP contribution in [0.3, 0.4) is 0 Å². The second kappa shape index (κ2) is 13.4. The van der Waals surface area contributed by atoms with Gasteiger partial charge in [-0.15, -0.1) is 0 Å². The van der Waals surface area contributed by atoms with Crippen LogP contribution < -0.4 is 0 Å². The molecule has 0 aliphatic rings. The third-order valence-corrected chi connectivity index (χ3v) is 10.4. The molecule has 3 heteroatoms. The van der Waals surface area contributed by atoms with Gasteiger partial charge in [-0.1, -0.05) is 164 Å². The van der Waals surface area contributed by atoms with Crippen molar-refractivity contribution in [1.29, 1.82) is 0 Å². The fourth-order valence-electron chi connectivity index (χ4n) is 7.64. The fraction of sp³-hybridized carbons (Fsp3) is 0. The van der Waals surface area contributed by atoms with E-state index in [1.54, 1.807) is 0 Å². The van der Waals surface area contributed by atoms with Gasteiger partial charge in [0, 0.05) is 29.1 Å². The zero-order valence-electron chi connectivity index (χ0n) is 29.4. The molecule has 0 unspecified atom stereocenters. The number of aromatic nitrogens is 3. The van der Waals surface area contributed by atoms with Crippen LogP contribution in [0.15, 0.2) is 200 Å². The lowest BCUT2D eigenvalue weighted by Crippen LogP contribution is -1.96. The standard InChI is InChI=1S/C51H33N3/c1-2-9-42(10-3-1)51-53-47(33-48(54-51)40-23-16-36(17-24-40)37-28-30-52-31-29-37)39-21-14-34(15-22-39)35-18-25-41(26-19-35)49-46-13-7-5-11-43(46)32-44-27-20-38-8-4-6-12-45(38)50(44)49/h1-33H. The van der Waals surface area contributed by atoms with E-state index in [1.807, 2.05) is 42.7 Å². The van der Waals surface area contributed by atoms with Crippen LogP contribution in [0.25, 0.3) is 99.6 Å². The lowest BCUT2D eigenvalue weighted by molar-refractivity contribution is 1.18. The summed E-state index contributed by atoms with van der Waals surface area (Å²) >= 11 is 0. The molecule has 54 heavy (non-hydrogen) atoms. The number of nitrogens with zero attached hydrogens (tertiary/aromatic N) is 3. The molecule has 0 spiro atoms. The number of rotatable bonds is 6. The smallest absolute Gasteiger partial charge is 0.160 e. The Hall–Kier alpha value is -7.23. The average Bonchev–Trinajstić information content (AvgIpc) is 3.26. The van der Waals surface area contributed by atoms with Gasteiger partial charge in [0.2, 0.25) is 0 Å². The first kappa shape index (κ1) is 31.5. The molecule has 0 fully saturated rings. The van der Waals surface area contributed by atoms with Crippen LogP contribution in [-0.2, 0) is 0 Å². The van der Waals surface area contributed by atoms with E-state index < -0.39 is 0 Å². The molecule has 10 rings (SSSR count). The summed E-state index contributed by atoms with van der Waals surface area (Å²) in [6, 6.07) is 66.9. The Labute approximate surface area is 313 Å². The summed E-state index contributed by atoms with van der Waals surface area (Å²) in [5.41, 5.74) is 11.9. The highest BCUT2D eigenvalue weighted by Crippen LogP contribution is 2.41. The van der Waals surface area contributed by atoms with E-state index in [0.29, 0.717) is 5.82 Å².